The van der Waals surface area contributed by atoms with Crippen LogP contribution in [0.2, 0.25) is 0 Å². The number of hydrogen-bond acceptors (Lipinski definition) is 3. The van der Waals surface area contributed by atoms with Crippen LogP contribution in [-0.4, -0.2) is 54.4 Å². The fourth-order valence-corrected chi connectivity index (χ4v) is 3.08. The molecule has 5 nitrogen and oxygen atoms in total. The van der Waals surface area contributed by atoms with Gasteiger partial charge in [-0.2, -0.15) is 13.2 Å². The lowest BCUT2D eigenvalue weighted by Gasteiger charge is -2.34. The Balaban J connectivity index is 1.50. The zero-order valence-electron chi connectivity index (χ0n) is 15.9. The molecule has 2 aromatic carbocycles. The van der Waals surface area contributed by atoms with Gasteiger partial charge in [0.05, 0.1) is 5.56 Å². The first-order valence-corrected chi connectivity index (χ1v) is 9.18. The molecule has 0 radical (unpaired) electrons. The molecule has 0 atom stereocenters. The van der Waals surface area contributed by atoms with E-state index in [2.05, 4.69) is 0 Å². The van der Waals surface area contributed by atoms with E-state index in [1.165, 1.54) is 17.0 Å². The smallest absolute Gasteiger partial charge is 0.416 e. The predicted molar refractivity (Wildman–Crippen MR) is 101 cm³/mol. The van der Waals surface area contributed by atoms with E-state index in [0.29, 0.717) is 31.9 Å². The SMILES string of the molecule is Cc1cccc(OCC(=O)N2CCN(C(=O)c3ccc(C(F)(F)F)cc3)CC2)c1. The third-order valence-corrected chi connectivity index (χ3v) is 4.73. The van der Waals surface area contributed by atoms with Crippen molar-refractivity contribution >= 4 is 11.8 Å². The lowest BCUT2D eigenvalue weighted by molar-refractivity contribution is -0.137. The molecule has 0 spiro atoms. The Kier molecular flexibility index (Phi) is 6.10. The molecular formula is C21H21F3N2O3. The van der Waals surface area contributed by atoms with Crippen LogP contribution in [-0.2, 0) is 11.0 Å². The molecule has 1 heterocycles. The Morgan fingerprint density at radius 2 is 1.59 bits per heavy atom. The summed E-state index contributed by atoms with van der Waals surface area (Å²) < 4.78 is 43.4. The van der Waals surface area contributed by atoms with Gasteiger partial charge in [0.1, 0.15) is 5.75 Å². The fourth-order valence-electron chi connectivity index (χ4n) is 3.08. The Morgan fingerprint density at radius 1 is 0.966 bits per heavy atom. The highest BCUT2D eigenvalue weighted by Crippen LogP contribution is 2.29. The summed E-state index contributed by atoms with van der Waals surface area (Å²) >= 11 is 0. The minimum absolute atomic E-state index is 0.0870. The quantitative estimate of drug-likeness (QED) is 0.782. The maximum atomic E-state index is 12.6. The standard InChI is InChI=1S/C21H21F3N2O3/c1-15-3-2-4-18(13-15)29-14-19(27)25-9-11-26(12-10-25)20(28)16-5-7-17(8-6-16)21(22,23)24/h2-8,13H,9-12,14H2,1H3. The number of carbonyl (C=O) groups is 2. The van der Waals surface area contributed by atoms with Crippen molar-refractivity contribution in [2.75, 3.05) is 32.8 Å². The molecule has 1 fully saturated rings. The van der Waals surface area contributed by atoms with Crippen molar-refractivity contribution in [3.05, 3.63) is 65.2 Å². The topological polar surface area (TPSA) is 49.9 Å². The number of nitrogens with zero attached hydrogens (tertiary/aromatic N) is 2. The zero-order chi connectivity index (χ0) is 21.0. The molecule has 8 heteroatoms. The maximum Gasteiger partial charge on any atom is 0.416 e. The second kappa shape index (κ2) is 8.55. The third-order valence-electron chi connectivity index (χ3n) is 4.73. The molecule has 2 aromatic rings. The number of piperazine rings is 1. The molecule has 154 valence electrons. The molecule has 0 unspecified atom stereocenters. The number of halogens is 3. The van der Waals surface area contributed by atoms with E-state index in [1.807, 2.05) is 25.1 Å². The summed E-state index contributed by atoms with van der Waals surface area (Å²) in [6, 6.07) is 11.6. The molecule has 29 heavy (non-hydrogen) atoms. The van der Waals surface area contributed by atoms with Crippen LogP contribution in [0.4, 0.5) is 13.2 Å². The third kappa shape index (κ3) is 5.28. The molecule has 0 bridgehead atoms. The Labute approximate surface area is 166 Å². The predicted octanol–water partition coefficient (Wildman–Crippen LogP) is 3.38. The van der Waals surface area contributed by atoms with E-state index in [9.17, 15) is 22.8 Å². The van der Waals surface area contributed by atoms with Gasteiger partial charge in [0.25, 0.3) is 11.8 Å². The summed E-state index contributed by atoms with van der Waals surface area (Å²) in [6.45, 7) is 3.18. The number of amides is 2. The van der Waals surface area contributed by atoms with Crippen LogP contribution < -0.4 is 4.74 Å². The number of benzene rings is 2. The van der Waals surface area contributed by atoms with E-state index >= 15 is 0 Å². The number of carbonyl (C=O) groups excluding carboxylic acids is 2. The fraction of sp³-hybridized carbons (Fsp3) is 0.333. The number of ether oxygens (including phenoxy) is 1. The molecule has 2 amide bonds. The second-order valence-corrected chi connectivity index (χ2v) is 6.85. The number of hydrogen-bond donors (Lipinski definition) is 0. The van der Waals surface area contributed by atoms with Gasteiger partial charge >= 0.3 is 6.18 Å². The van der Waals surface area contributed by atoms with Crippen molar-refractivity contribution in [3.63, 3.8) is 0 Å². The van der Waals surface area contributed by atoms with Crippen LogP contribution in [0, 0.1) is 6.92 Å². The first-order chi connectivity index (χ1) is 13.7. The largest absolute Gasteiger partial charge is 0.484 e. The summed E-state index contributed by atoms with van der Waals surface area (Å²) in [6.07, 6.45) is -4.44. The second-order valence-electron chi connectivity index (χ2n) is 6.85. The van der Waals surface area contributed by atoms with Gasteiger partial charge in [-0.05, 0) is 48.9 Å². The molecule has 0 N–H and O–H groups in total. The molecule has 0 saturated carbocycles. The lowest BCUT2D eigenvalue weighted by atomic mass is 10.1. The van der Waals surface area contributed by atoms with Crippen LogP contribution in [0.5, 0.6) is 5.75 Å². The summed E-state index contributed by atoms with van der Waals surface area (Å²) in [5, 5.41) is 0. The van der Waals surface area contributed by atoms with E-state index in [-0.39, 0.29) is 24.0 Å². The average molecular weight is 406 g/mol. The highest BCUT2D eigenvalue weighted by molar-refractivity contribution is 5.94. The van der Waals surface area contributed by atoms with E-state index in [1.54, 1.807) is 11.0 Å². The molecule has 1 aliphatic rings. The Morgan fingerprint density at radius 3 is 2.17 bits per heavy atom. The van der Waals surface area contributed by atoms with E-state index in [4.69, 9.17) is 4.74 Å². The maximum absolute atomic E-state index is 12.6. The number of alkyl halides is 3. The first-order valence-electron chi connectivity index (χ1n) is 9.18. The van der Waals surface area contributed by atoms with E-state index < -0.39 is 11.7 Å². The number of rotatable bonds is 4. The summed E-state index contributed by atoms with van der Waals surface area (Å²) in [5.74, 6) is 0.101. The zero-order valence-corrected chi connectivity index (χ0v) is 15.9. The molecule has 3 rings (SSSR count). The highest BCUT2D eigenvalue weighted by atomic mass is 19.4. The molecular weight excluding hydrogens is 385 g/mol. The summed E-state index contributed by atoms with van der Waals surface area (Å²) in [7, 11) is 0. The lowest BCUT2D eigenvalue weighted by Crippen LogP contribution is -2.51. The van der Waals surface area contributed by atoms with Gasteiger partial charge in [-0.25, -0.2) is 0 Å². The summed E-state index contributed by atoms with van der Waals surface area (Å²) in [5.41, 5.74) is 0.434. The van der Waals surface area contributed by atoms with Crippen LogP contribution in [0.1, 0.15) is 21.5 Å². The molecule has 0 aliphatic carbocycles. The monoisotopic (exact) mass is 406 g/mol. The van der Waals surface area contributed by atoms with Crippen LogP contribution in [0.3, 0.4) is 0 Å². The molecule has 1 aliphatic heterocycles. The van der Waals surface area contributed by atoms with Crippen molar-refractivity contribution < 1.29 is 27.5 Å². The molecule has 0 aromatic heterocycles. The van der Waals surface area contributed by atoms with Gasteiger partial charge in [0.15, 0.2) is 6.61 Å². The van der Waals surface area contributed by atoms with Gasteiger partial charge in [-0.15, -0.1) is 0 Å². The Bertz CT molecular complexity index is 873. The van der Waals surface area contributed by atoms with Gasteiger partial charge in [-0.3, -0.25) is 9.59 Å². The minimum atomic E-state index is -4.44. The van der Waals surface area contributed by atoms with Crippen LogP contribution >= 0.6 is 0 Å². The average Bonchev–Trinajstić information content (AvgIpc) is 2.71. The van der Waals surface area contributed by atoms with Gasteiger partial charge in [0.2, 0.25) is 0 Å². The van der Waals surface area contributed by atoms with E-state index in [0.717, 1.165) is 17.7 Å². The van der Waals surface area contributed by atoms with Crippen molar-refractivity contribution in [3.8, 4) is 5.75 Å². The van der Waals surface area contributed by atoms with Gasteiger partial charge in [-0.1, -0.05) is 12.1 Å². The molecule has 1 saturated heterocycles. The van der Waals surface area contributed by atoms with Crippen LogP contribution in [0.25, 0.3) is 0 Å². The Hall–Kier alpha value is -3.03. The normalized spacial score (nSPS) is 14.6. The van der Waals surface area contributed by atoms with Crippen molar-refractivity contribution in [2.45, 2.75) is 13.1 Å². The van der Waals surface area contributed by atoms with Gasteiger partial charge in [0, 0.05) is 31.7 Å². The van der Waals surface area contributed by atoms with Crippen molar-refractivity contribution in [1.82, 2.24) is 9.80 Å². The first kappa shape index (κ1) is 20.7. The van der Waals surface area contributed by atoms with Gasteiger partial charge < -0.3 is 14.5 Å². The van der Waals surface area contributed by atoms with Crippen molar-refractivity contribution in [1.29, 1.82) is 0 Å². The van der Waals surface area contributed by atoms with Crippen LogP contribution in [0.15, 0.2) is 48.5 Å². The highest BCUT2D eigenvalue weighted by Gasteiger charge is 2.31. The van der Waals surface area contributed by atoms with Crippen molar-refractivity contribution in [2.24, 2.45) is 0 Å². The minimum Gasteiger partial charge on any atom is -0.484 e. The summed E-state index contributed by atoms with van der Waals surface area (Å²) in [4.78, 5) is 28.0. The number of aryl methyl sites for hydroxylation is 1.